The third-order valence-electron chi connectivity index (χ3n) is 9.99. The fourth-order valence-electron chi connectivity index (χ4n) is 7.25. The molecule has 13 heteroatoms. The van der Waals surface area contributed by atoms with Gasteiger partial charge in [0.05, 0.1) is 35.9 Å². The van der Waals surface area contributed by atoms with Gasteiger partial charge >= 0.3 is 0 Å². The maximum atomic E-state index is 14.8. The number of benzene rings is 2. The van der Waals surface area contributed by atoms with E-state index < -0.39 is 5.82 Å². The highest BCUT2D eigenvalue weighted by atomic mass is 32.1. The van der Waals surface area contributed by atoms with Gasteiger partial charge < -0.3 is 25.0 Å². The summed E-state index contributed by atoms with van der Waals surface area (Å²) in [4.78, 5) is 55.4. The molecule has 3 N–H and O–H groups in total. The molecule has 2 bridgehead atoms. The zero-order chi connectivity index (χ0) is 37.6. The second kappa shape index (κ2) is 20.4. The number of thiazole rings is 1. The number of nitrogens with one attached hydrogen (secondary N) is 3. The molecule has 1 aromatic heterocycles. The van der Waals surface area contributed by atoms with Crippen molar-refractivity contribution in [1.82, 2.24) is 15.6 Å². The van der Waals surface area contributed by atoms with Crippen molar-refractivity contribution in [3.63, 3.8) is 0 Å². The van der Waals surface area contributed by atoms with Gasteiger partial charge in [0.2, 0.25) is 17.7 Å². The normalized spacial score (nSPS) is 19.6. The average Bonchev–Trinajstić information content (AvgIpc) is 3.59. The van der Waals surface area contributed by atoms with Crippen LogP contribution < -0.4 is 25.6 Å². The first-order valence-electron chi connectivity index (χ1n) is 19.4. The lowest BCUT2D eigenvalue weighted by Crippen LogP contribution is -2.55. The molecule has 0 saturated carbocycles. The third-order valence-corrected chi connectivity index (χ3v) is 11.0. The summed E-state index contributed by atoms with van der Waals surface area (Å²) in [6.45, 7) is 5.65. The van der Waals surface area contributed by atoms with Crippen molar-refractivity contribution in [2.45, 2.75) is 122 Å². The summed E-state index contributed by atoms with van der Waals surface area (Å²) < 4.78 is 27.1. The fourth-order valence-corrected chi connectivity index (χ4v) is 8.36. The number of nitrogens with zero attached hydrogens (tertiary/aromatic N) is 2. The lowest BCUT2D eigenvalue weighted by Gasteiger charge is -2.45. The number of carbonyl (C=O) groups excluding carboxylic acids is 4. The van der Waals surface area contributed by atoms with Crippen molar-refractivity contribution in [3.05, 3.63) is 47.8 Å². The summed E-state index contributed by atoms with van der Waals surface area (Å²) >= 11 is 1.53. The van der Waals surface area contributed by atoms with E-state index in [-0.39, 0.29) is 54.0 Å². The molecule has 3 saturated heterocycles. The van der Waals surface area contributed by atoms with Crippen LogP contribution in [0.15, 0.2) is 36.4 Å². The first-order chi connectivity index (χ1) is 25.9. The molecule has 4 heterocycles. The Balaban J connectivity index is 0.00000266. The number of morpholine rings is 1. The van der Waals surface area contributed by atoms with Gasteiger partial charge in [0.15, 0.2) is 23.3 Å². The van der Waals surface area contributed by atoms with Crippen LogP contribution in [0.25, 0.3) is 10.2 Å². The number of amides is 4. The predicted molar refractivity (Wildman–Crippen MR) is 206 cm³/mol. The molecule has 3 atom stereocenters. The van der Waals surface area contributed by atoms with Gasteiger partial charge in [0.25, 0.3) is 5.91 Å². The number of hydrogen-bond acceptors (Lipinski definition) is 9. The standard InChI is InChI=1S/C38H48FN5O6S.C2H6/c39-30-18-19-31-35(43-38(51-31)44-27-10-9-11-28(44)23-49-22-27)36(30)50-24-34(47)40-21-8-6-4-2-1-3-5-7-12-32(45)41-26-15-13-25(14-16-26)29-17-20-33(46)42-37(29)48;1-2/h13-16,18-19,27-29H,1-12,17,20-24H2,(H,40,47)(H,41,45)(H,42,46,48);1-2H3. The number of piperidine rings is 2. The largest absolute Gasteiger partial charge is 0.478 e. The molecule has 0 aliphatic carbocycles. The number of imide groups is 1. The molecule has 11 nitrogen and oxygen atoms in total. The van der Waals surface area contributed by atoms with E-state index in [0.29, 0.717) is 50.2 Å². The second-order valence-electron chi connectivity index (χ2n) is 13.8. The van der Waals surface area contributed by atoms with E-state index in [9.17, 15) is 23.6 Å². The number of rotatable bonds is 17. The van der Waals surface area contributed by atoms with Crippen LogP contribution in [-0.2, 0) is 23.9 Å². The molecule has 3 aliphatic heterocycles. The van der Waals surface area contributed by atoms with Crippen molar-refractivity contribution >= 4 is 56.0 Å². The van der Waals surface area contributed by atoms with Gasteiger partial charge in [-0.15, -0.1) is 0 Å². The first kappa shape index (κ1) is 40.1. The summed E-state index contributed by atoms with van der Waals surface area (Å²) in [5.41, 5.74) is 2.00. The number of hydrogen-bond donors (Lipinski definition) is 3. The Morgan fingerprint density at radius 1 is 0.925 bits per heavy atom. The van der Waals surface area contributed by atoms with Crippen LogP contribution in [0.4, 0.5) is 15.2 Å². The van der Waals surface area contributed by atoms with Crippen molar-refractivity contribution < 1.29 is 33.0 Å². The van der Waals surface area contributed by atoms with Gasteiger partial charge in [-0.05, 0) is 68.4 Å². The quantitative estimate of drug-likeness (QED) is 0.0960. The highest BCUT2D eigenvalue weighted by Crippen LogP contribution is 2.40. The van der Waals surface area contributed by atoms with Crippen LogP contribution in [0.1, 0.15) is 115 Å². The van der Waals surface area contributed by atoms with E-state index in [1.54, 1.807) is 18.2 Å². The minimum Gasteiger partial charge on any atom is -0.478 e. The average molecular weight is 752 g/mol. The number of carbonyl (C=O) groups is 4. The number of unbranched alkanes of at least 4 members (excludes halogenated alkanes) is 7. The van der Waals surface area contributed by atoms with Gasteiger partial charge in [-0.25, -0.2) is 9.37 Å². The topological polar surface area (TPSA) is 139 Å². The van der Waals surface area contributed by atoms with Crippen molar-refractivity contribution in [1.29, 1.82) is 0 Å². The van der Waals surface area contributed by atoms with Gasteiger partial charge in [0, 0.05) is 25.1 Å². The Labute approximate surface area is 315 Å². The van der Waals surface area contributed by atoms with Crippen LogP contribution in [0.2, 0.25) is 0 Å². The Morgan fingerprint density at radius 2 is 1.60 bits per heavy atom. The van der Waals surface area contributed by atoms with Crippen LogP contribution in [0.5, 0.6) is 5.75 Å². The smallest absolute Gasteiger partial charge is 0.257 e. The number of fused-ring (bicyclic) bond motifs is 3. The fraction of sp³-hybridized carbons (Fsp3) is 0.575. The summed E-state index contributed by atoms with van der Waals surface area (Å²) in [7, 11) is 0. The van der Waals surface area contributed by atoms with Crippen LogP contribution >= 0.6 is 11.3 Å². The zero-order valence-corrected chi connectivity index (χ0v) is 31.9. The molecule has 3 aromatic rings. The van der Waals surface area contributed by atoms with Gasteiger partial charge in [0.1, 0.15) is 5.52 Å². The SMILES string of the molecule is CC.O=C(COc1c(F)ccc2sc(N3C4CCCC3COC4)nc12)NCCCCCCCCCCC(=O)Nc1ccc(C2CCC(=O)NC2=O)cc1. The molecule has 288 valence electrons. The van der Waals surface area contributed by atoms with Crippen molar-refractivity contribution in [2.24, 2.45) is 0 Å². The van der Waals surface area contributed by atoms with E-state index >= 15 is 0 Å². The van der Waals surface area contributed by atoms with E-state index in [1.165, 1.54) is 23.8 Å². The molecule has 0 radical (unpaired) electrons. The maximum absolute atomic E-state index is 14.8. The number of aromatic nitrogens is 1. The minimum absolute atomic E-state index is 0.0265. The Morgan fingerprint density at radius 3 is 2.30 bits per heavy atom. The minimum atomic E-state index is -0.520. The van der Waals surface area contributed by atoms with E-state index in [2.05, 4.69) is 20.9 Å². The predicted octanol–water partition coefficient (Wildman–Crippen LogP) is 7.38. The Kier molecular flexibility index (Phi) is 15.4. The summed E-state index contributed by atoms with van der Waals surface area (Å²) in [5.74, 6) is -1.63. The first-order valence-corrected chi connectivity index (χ1v) is 20.3. The second-order valence-corrected chi connectivity index (χ2v) is 14.8. The highest BCUT2D eigenvalue weighted by molar-refractivity contribution is 7.22. The molecular formula is C40H54FN5O6S. The monoisotopic (exact) mass is 751 g/mol. The van der Waals surface area contributed by atoms with E-state index in [1.807, 2.05) is 26.0 Å². The number of halogens is 1. The Hall–Kier alpha value is -4.10. The number of anilines is 2. The summed E-state index contributed by atoms with van der Waals surface area (Å²) in [5, 5.41) is 9.04. The molecule has 3 aliphatic rings. The maximum Gasteiger partial charge on any atom is 0.257 e. The van der Waals surface area contributed by atoms with Crippen LogP contribution in [-0.4, -0.2) is 67.1 Å². The van der Waals surface area contributed by atoms with Crippen LogP contribution in [0.3, 0.4) is 0 Å². The molecule has 0 spiro atoms. The van der Waals surface area contributed by atoms with Gasteiger partial charge in [-0.2, -0.15) is 0 Å². The summed E-state index contributed by atoms with van der Waals surface area (Å²) in [6, 6.07) is 10.9. The Bertz CT molecular complexity index is 1660. The van der Waals surface area contributed by atoms with Gasteiger partial charge in [-0.1, -0.05) is 75.8 Å². The van der Waals surface area contributed by atoms with Crippen LogP contribution in [0, 0.1) is 5.82 Å². The van der Waals surface area contributed by atoms with E-state index in [0.717, 1.165) is 79.6 Å². The van der Waals surface area contributed by atoms with Crippen molar-refractivity contribution in [3.8, 4) is 5.75 Å². The molecule has 53 heavy (non-hydrogen) atoms. The van der Waals surface area contributed by atoms with E-state index in [4.69, 9.17) is 14.5 Å². The molecular weight excluding hydrogens is 698 g/mol. The third kappa shape index (κ3) is 11.2. The lowest BCUT2D eigenvalue weighted by molar-refractivity contribution is -0.134. The van der Waals surface area contributed by atoms with Gasteiger partial charge in [-0.3, -0.25) is 24.5 Å². The zero-order valence-electron chi connectivity index (χ0n) is 31.1. The molecule has 3 fully saturated rings. The molecule has 4 amide bonds. The molecule has 6 rings (SSSR count). The van der Waals surface area contributed by atoms with Crippen molar-refractivity contribution in [2.75, 3.05) is 36.6 Å². The highest BCUT2D eigenvalue weighted by Gasteiger charge is 2.36. The molecule has 3 unspecified atom stereocenters. The number of ether oxygens (including phenoxy) is 2. The molecule has 2 aromatic carbocycles. The lowest BCUT2D eigenvalue weighted by atomic mass is 9.90. The summed E-state index contributed by atoms with van der Waals surface area (Å²) in [6.07, 6.45) is 12.6.